The lowest BCUT2D eigenvalue weighted by Crippen LogP contribution is -2.42. The summed E-state index contributed by atoms with van der Waals surface area (Å²) in [5.41, 5.74) is 1.75. The molecule has 8 nitrogen and oxygen atoms in total. The summed E-state index contributed by atoms with van der Waals surface area (Å²) < 4.78 is 16.8. The van der Waals surface area contributed by atoms with E-state index in [0.29, 0.717) is 30.3 Å². The van der Waals surface area contributed by atoms with Crippen LogP contribution in [0.3, 0.4) is 0 Å². The van der Waals surface area contributed by atoms with Crippen LogP contribution in [-0.2, 0) is 11.3 Å². The second kappa shape index (κ2) is 7.28. The lowest BCUT2D eigenvalue weighted by Gasteiger charge is -2.31. The van der Waals surface area contributed by atoms with Crippen molar-refractivity contribution in [2.45, 2.75) is 44.4 Å². The summed E-state index contributed by atoms with van der Waals surface area (Å²) in [6.45, 7) is 3.22. The van der Waals surface area contributed by atoms with E-state index < -0.39 is 0 Å². The molecule has 1 atom stereocenters. The van der Waals surface area contributed by atoms with E-state index in [1.807, 2.05) is 24.3 Å². The molecule has 2 aromatic heterocycles. The molecule has 2 fully saturated rings. The Morgan fingerprint density at radius 1 is 1.11 bits per heavy atom. The molecule has 0 radical (unpaired) electrons. The molecule has 27 heavy (non-hydrogen) atoms. The molecular weight excluding hydrogens is 346 g/mol. The van der Waals surface area contributed by atoms with Crippen LogP contribution in [-0.4, -0.2) is 40.9 Å². The van der Waals surface area contributed by atoms with Crippen LogP contribution in [0.15, 0.2) is 33.2 Å². The van der Waals surface area contributed by atoms with Gasteiger partial charge in [-0.05, 0) is 37.8 Å². The minimum absolute atomic E-state index is 0.0224. The highest BCUT2D eigenvalue weighted by molar-refractivity contribution is 5.74. The first-order valence-electron chi connectivity index (χ1n) is 9.63. The number of nitrogens with one attached hydrogen (secondary N) is 1. The molecule has 2 aliphatic rings. The van der Waals surface area contributed by atoms with Gasteiger partial charge in [0.15, 0.2) is 11.4 Å². The Balaban J connectivity index is 1.13. The Bertz CT molecular complexity index is 861. The summed E-state index contributed by atoms with van der Waals surface area (Å²) in [5, 5.41) is 7.60. The van der Waals surface area contributed by atoms with E-state index in [4.69, 9.17) is 13.7 Å². The minimum atomic E-state index is -0.0224. The van der Waals surface area contributed by atoms with Gasteiger partial charge in [-0.25, -0.2) is 0 Å². The maximum absolute atomic E-state index is 5.87. The van der Waals surface area contributed by atoms with Gasteiger partial charge in [-0.2, -0.15) is 9.97 Å². The van der Waals surface area contributed by atoms with Crippen molar-refractivity contribution in [1.82, 2.24) is 20.4 Å². The number of fused-ring (bicyclic) bond motifs is 1. The van der Waals surface area contributed by atoms with Crippen molar-refractivity contribution in [2.24, 2.45) is 0 Å². The molecule has 0 saturated carbocycles. The highest BCUT2D eigenvalue weighted by Gasteiger charge is 2.25. The highest BCUT2D eigenvalue weighted by Crippen LogP contribution is 2.27. The molecule has 142 valence electrons. The van der Waals surface area contributed by atoms with Crippen molar-refractivity contribution in [3.05, 3.63) is 36.0 Å². The molecule has 3 aromatic rings. The third kappa shape index (κ3) is 3.54. The van der Waals surface area contributed by atoms with Gasteiger partial charge in [0, 0.05) is 25.7 Å². The van der Waals surface area contributed by atoms with Crippen LogP contribution in [0.2, 0.25) is 0 Å². The number of hydrogen-bond acceptors (Lipinski definition) is 8. The van der Waals surface area contributed by atoms with Gasteiger partial charge in [0.1, 0.15) is 11.6 Å². The predicted molar refractivity (Wildman–Crippen MR) is 98.3 cm³/mol. The smallest absolute Gasteiger partial charge is 0.298 e. The number of aromatic nitrogens is 3. The number of piperidine rings is 1. The number of nitrogens with zero attached hydrogens (tertiary/aromatic N) is 4. The van der Waals surface area contributed by atoms with Crippen molar-refractivity contribution < 1.29 is 13.7 Å². The van der Waals surface area contributed by atoms with Crippen molar-refractivity contribution in [1.29, 1.82) is 0 Å². The first kappa shape index (κ1) is 16.7. The molecule has 2 saturated heterocycles. The highest BCUT2D eigenvalue weighted by atomic mass is 16.5. The topological polar surface area (TPSA) is 89.5 Å². The maximum Gasteiger partial charge on any atom is 0.298 e. The van der Waals surface area contributed by atoms with Crippen molar-refractivity contribution in [3.63, 3.8) is 0 Å². The van der Waals surface area contributed by atoms with E-state index in [1.54, 1.807) is 0 Å². The second-order valence-electron chi connectivity index (χ2n) is 7.16. The number of ether oxygens (including phenoxy) is 1. The van der Waals surface area contributed by atoms with E-state index in [2.05, 4.69) is 25.3 Å². The fraction of sp³-hybridized carbons (Fsp3) is 0.526. The third-order valence-corrected chi connectivity index (χ3v) is 5.29. The van der Waals surface area contributed by atoms with Crippen LogP contribution in [0.25, 0.3) is 11.1 Å². The summed E-state index contributed by atoms with van der Waals surface area (Å²) in [5.74, 6) is 1.30. The van der Waals surface area contributed by atoms with Gasteiger partial charge in [0.2, 0.25) is 0 Å². The zero-order valence-corrected chi connectivity index (χ0v) is 15.1. The van der Waals surface area contributed by atoms with Crippen molar-refractivity contribution in [2.75, 3.05) is 24.6 Å². The van der Waals surface area contributed by atoms with Crippen LogP contribution < -0.4 is 10.2 Å². The van der Waals surface area contributed by atoms with Gasteiger partial charge in [0.05, 0.1) is 6.54 Å². The van der Waals surface area contributed by atoms with Gasteiger partial charge in [-0.15, -0.1) is 0 Å². The number of benzene rings is 1. The van der Waals surface area contributed by atoms with E-state index in [9.17, 15) is 0 Å². The molecule has 2 aliphatic heterocycles. The average molecular weight is 369 g/mol. The molecule has 0 amide bonds. The largest absolute Gasteiger partial charge is 0.423 e. The quantitative estimate of drug-likeness (QED) is 0.734. The minimum Gasteiger partial charge on any atom is -0.423 e. The number of rotatable bonds is 5. The molecule has 1 aromatic carbocycles. The maximum atomic E-state index is 5.87. The summed E-state index contributed by atoms with van der Waals surface area (Å²) in [7, 11) is 0. The SMILES string of the molecule is c1ccc2oc(N3CCC(NCc4noc([C@@H]5CCCO5)n4)CC3)nc2c1. The molecule has 8 heteroatoms. The first-order chi connectivity index (χ1) is 13.3. The first-order valence-corrected chi connectivity index (χ1v) is 9.63. The van der Waals surface area contributed by atoms with Crippen LogP contribution in [0, 0.1) is 0 Å². The predicted octanol–water partition coefficient (Wildman–Crippen LogP) is 2.82. The summed E-state index contributed by atoms with van der Waals surface area (Å²) >= 11 is 0. The number of oxazole rings is 1. The Labute approximate surface area is 156 Å². The normalized spacial score (nSPS) is 21.3. The summed E-state index contributed by atoms with van der Waals surface area (Å²) in [4.78, 5) is 11.3. The molecular formula is C19H23N5O3. The van der Waals surface area contributed by atoms with E-state index in [-0.39, 0.29) is 6.10 Å². The standard InChI is InChI=1S/C19H23N5O3/c1-2-5-15-14(4-1)21-19(26-15)24-9-7-13(8-10-24)20-12-17-22-18(27-23-17)16-6-3-11-25-16/h1-2,4-5,13,16,20H,3,6-12H2/t16-/m0/s1. The molecule has 0 aliphatic carbocycles. The lowest BCUT2D eigenvalue weighted by atomic mass is 10.1. The average Bonchev–Trinajstić information content (AvgIpc) is 3.46. The lowest BCUT2D eigenvalue weighted by molar-refractivity contribution is 0.0835. The number of hydrogen-bond donors (Lipinski definition) is 1. The molecule has 1 N–H and O–H groups in total. The Morgan fingerprint density at radius 3 is 2.81 bits per heavy atom. The van der Waals surface area contributed by atoms with E-state index >= 15 is 0 Å². The van der Waals surface area contributed by atoms with E-state index in [1.165, 1.54) is 0 Å². The Kier molecular flexibility index (Phi) is 4.51. The fourth-order valence-electron chi connectivity index (χ4n) is 3.75. The van der Waals surface area contributed by atoms with Gasteiger partial charge in [-0.3, -0.25) is 0 Å². The Morgan fingerprint density at radius 2 is 2.00 bits per heavy atom. The van der Waals surface area contributed by atoms with Crippen LogP contribution >= 0.6 is 0 Å². The van der Waals surface area contributed by atoms with Crippen LogP contribution in [0.4, 0.5) is 6.01 Å². The van der Waals surface area contributed by atoms with Gasteiger partial charge < -0.3 is 23.9 Å². The van der Waals surface area contributed by atoms with Crippen molar-refractivity contribution >= 4 is 17.1 Å². The number of para-hydroxylation sites is 2. The summed E-state index contributed by atoms with van der Waals surface area (Å²) in [6, 6.07) is 9.02. The summed E-state index contributed by atoms with van der Waals surface area (Å²) in [6.07, 6.45) is 4.04. The van der Waals surface area contributed by atoms with Gasteiger partial charge >= 0.3 is 0 Å². The van der Waals surface area contributed by atoms with Gasteiger partial charge in [-0.1, -0.05) is 17.3 Å². The van der Waals surface area contributed by atoms with Gasteiger partial charge in [0.25, 0.3) is 11.9 Å². The molecule has 0 spiro atoms. The molecule has 0 bridgehead atoms. The molecule has 4 heterocycles. The van der Waals surface area contributed by atoms with E-state index in [0.717, 1.165) is 56.5 Å². The van der Waals surface area contributed by atoms with Crippen LogP contribution in [0.5, 0.6) is 0 Å². The fourth-order valence-corrected chi connectivity index (χ4v) is 3.75. The molecule has 0 unspecified atom stereocenters. The number of anilines is 1. The second-order valence-corrected chi connectivity index (χ2v) is 7.16. The zero-order valence-electron chi connectivity index (χ0n) is 15.1. The zero-order chi connectivity index (χ0) is 18.1. The Hall–Kier alpha value is -2.45. The van der Waals surface area contributed by atoms with Crippen molar-refractivity contribution in [3.8, 4) is 0 Å². The van der Waals surface area contributed by atoms with Crippen LogP contribution in [0.1, 0.15) is 43.5 Å². The monoisotopic (exact) mass is 369 g/mol. The third-order valence-electron chi connectivity index (χ3n) is 5.29. The molecule has 5 rings (SSSR count).